The number of hydrogen-bond acceptors (Lipinski definition) is 0. The molecule has 164 valence electrons. The van der Waals surface area contributed by atoms with E-state index in [4.69, 9.17) is 11.6 Å². The normalized spacial score (nSPS) is 11.0. The quantitative estimate of drug-likeness (QED) is 0.156. The molecule has 0 aliphatic heterocycles. The summed E-state index contributed by atoms with van der Waals surface area (Å²) in [5, 5.41) is 5.30. The van der Waals surface area contributed by atoms with E-state index in [9.17, 15) is 0 Å². The largest absolute Gasteiger partial charge is 0.114 e. The summed E-state index contributed by atoms with van der Waals surface area (Å²) in [7, 11) is -1.70. The summed E-state index contributed by atoms with van der Waals surface area (Å²) in [6.07, 6.45) is 5.82. The van der Waals surface area contributed by atoms with Crippen LogP contribution in [0.5, 0.6) is 0 Å². The van der Waals surface area contributed by atoms with Crippen LogP contribution in [0, 0.1) is 0 Å². The Bertz CT molecular complexity index is 971. The molecule has 0 aliphatic carbocycles. The fraction of sp³-hybridized carbons (Fsp3) is 0.172. The summed E-state index contributed by atoms with van der Waals surface area (Å²) >= 11 is 6.36. The highest BCUT2D eigenvalue weighted by Crippen LogP contribution is 2.55. The number of rotatable bonds is 9. The van der Waals surface area contributed by atoms with Crippen LogP contribution in [0.2, 0.25) is 5.02 Å². The standard InChI is InChI=1S/C29H29ClP.BrH/c30-29-23-13-12-16-25(29)15-5-4-14-24-31(26-17-6-1-7-18-26,27-19-8-2-9-20-27)28-21-10-3-11-22-28;/h1-3,6-13,16-23H,4-5,14-15,24H2;1H/q+1;. The molecule has 4 aromatic carbocycles. The van der Waals surface area contributed by atoms with Gasteiger partial charge in [0.15, 0.2) is 0 Å². The predicted octanol–water partition coefficient (Wildman–Crippen LogP) is 7.62. The molecule has 0 aromatic heterocycles. The molecule has 4 aromatic rings. The van der Waals surface area contributed by atoms with Gasteiger partial charge >= 0.3 is 0 Å². The summed E-state index contributed by atoms with van der Waals surface area (Å²) in [6, 6.07) is 41.7. The summed E-state index contributed by atoms with van der Waals surface area (Å²) in [5.41, 5.74) is 1.26. The van der Waals surface area contributed by atoms with E-state index in [0.29, 0.717) is 0 Å². The van der Waals surface area contributed by atoms with Gasteiger partial charge in [-0.3, -0.25) is 0 Å². The summed E-state index contributed by atoms with van der Waals surface area (Å²) in [4.78, 5) is 0. The maximum absolute atomic E-state index is 6.36. The van der Waals surface area contributed by atoms with Crippen molar-refractivity contribution in [3.63, 3.8) is 0 Å². The zero-order valence-electron chi connectivity index (χ0n) is 18.2. The number of aryl methyl sites for hydroxylation is 1. The van der Waals surface area contributed by atoms with Gasteiger partial charge in [-0.1, -0.05) is 84.4 Å². The van der Waals surface area contributed by atoms with Crippen LogP contribution in [0.1, 0.15) is 24.8 Å². The third-order valence-corrected chi connectivity index (χ3v) is 10.9. The second-order valence-corrected chi connectivity index (χ2v) is 12.0. The molecular weight excluding hydrogens is 495 g/mol. The molecule has 0 aliphatic rings. The van der Waals surface area contributed by atoms with Crippen LogP contribution in [-0.4, -0.2) is 6.16 Å². The third-order valence-electron chi connectivity index (χ3n) is 5.99. The lowest BCUT2D eigenvalue weighted by Crippen LogP contribution is -2.33. The van der Waals surface area contributed by atoms with Crippen molar-refractivity contribution in [1.82, 2.24) is 0 Å². The van der Waals surface area contributed by atoms with E-state index >= 15 is 0 Å². The number of hydrogen-bond donors (Lipinski definition) is 0. The Hall–Kier alpha value is -1.92. The fourth-order valence-corrected chi connectivity index (χ4v) is 9.06. The van der Waals surface area contributed by atoms with Crippen molar-refractivity contribution in [1.29, 1.82) is 0 Å². The molecule has 0 saturated carbocycles. The minimum atomic E-state index is -1.70. The summed E-state index contributed by atoms with van der Waals surface area (Å²) in [5.74, 6) is 0. The monoisotopic (exact) mass is 523 g/mol. The SMILES string of the molecule is Br.Clc1ccccc1CCCCC[P+](c1ccccc1)(c1ccccc1)c1ccccc1. The zero-order valence-corrected chi connectivity index (χ0v) is 21.6. The smallest absolute Gasteiger partial charge is 0.112 e. The Kier molecular flexibility index (Phi) is 9.54. The summed E-state index contributed by atoms with van der Waals surface area (Å²) in [6.45, 7) is 0. The van der Waals surface area contributed by atoms with Gasteiger partial charge < -0.3 is 0 Å². The van der Waals surface area contributed by atoms with Crippen LogP contribution >= 0.6 is 35.8 Å². The highest BCUT2D eigenvalue weighted by Gasteiger charge is 2.44. The van der Waals surface area contributed by atoms with E-state index in [-0.39, 0.29) is 17.0 Å². The lowest BCUT2D eigenvalue weighted by molar-refractivity contribution is 0.720. The lowest BCUT2D eigenvalue weighted by atomic mass is 10.1. The van der Waals surface area contributed by atoms with Gasteiger partial charge in [-0.05, 0) is 73.7 Å². The predicted molar refractivity (Wildman–Crippen MR) is 149 cm³/mol. The number of benzene rings is 4. The molecule has 0 nitrogen and oxygen atoms in total. The molecule has 0 radical (unpaired) electrons. The molecule has 4 rings (SSSR count). The van der Waals surface area contributed by atoms with E-state index in [2.05, 4.69) is 103 Å². The second-order valence-electron chi connectivity index (χ2n) is 7.94. The van der Waals surface area contributed by atoms with Crippen molar-refractivity contribution in [2.45, 2.75) is 25.7 Å². The first kappa shape index (κ1) is 24.7. The molecule has 0 unspecified atom stereocenters. The van der Waals surface area contributed by atoms with E-state index in [1.54, 1.807) is 0 Å². The van der Waals surface area contributed by atoms with Gasteiger partial charge in [0.05, 0.1) is 6.16 Å². The van der Waals surface area contributed by atoms with E-state index in [1.807, 2.05) is 12.1 Å². The molecule has 0 bridgehead atoms. The van der Waals surface area contributed by atoms with Crippen LogP contribution in [0.3, 0.4) is 0 Å². The Labute approximate surface area is 208 Å². The maximum atomic E-state index is 6.36. The van der Waals surface area contributed by atoms with E-state index in [1.165, 1.54) is 46.9 Å². The minimum absolute atomic E-state index is 0. The fourth-order valence-electron chi connectivity index (χ4n) is 4.42. The molecular formula is C29H30BrClP+. The van der Waals surface area contributed by atoms with Crippen molar-refractivity contribution in [2.75, 3.05) is 6.16 Å². The Morgan fingerprint density at radius 2 is 0.938 bits per heavy atom. The van der Waals surface area contributed by atoms with Gasteiger partial charge in [0, 0.05) is 5.02 Å². The van der Waals surface area contributed by atoms with Crippen molar-refractivity contribution in [3.05, 3.63) is 126 Å². The van der Waals surface area contributed by atoms with Crippen LogP contribution in [0.15, 0.2) is 115 Å². The average molecular weight is 525 g/mol. The first-order chi connectivity index (χ1) is 15.3. The molecule has 0 N–H and O–H groups in total. The topological polar surface area (TPSA) is 0 Å². The number of halogens is 2. The van der Waals surface area contributed by atoms with Crippen LogP contribution in [0.25, 0.3) is 0 Å². The maximum Gasteiger partial charge on any atom is 0.112 e. The molecule has 0 heterocycles. The molecule has 0 amide bonds. The molecule has 0 fully saturated rings. The van der Waals surface area contributed by atoms with Gasteiger partial charge in [-0.15, -0.1) is 17.0 Å². The average Bonchev–Trinajstić information content (AvgIpc) is 2.84. The third kappa shape index (κ3) is 5.70. The Morgan fingerprint density at radius 1 is 0.500 bits per heavy atom. The van der Waals surface area contributed by atoms with Crippen molar-refractivity contribution in [3.8, 4) is 0 Å². The second kappa shape index (κ2) is 12.4. The van der Waals surface area contributed by atoms with Crippen LogP contribution in [-0.2, 0) is 6.42 Å². The van der Waals surface area contributed by atoms with Crippen LogP contribution < -0.4 is 15.9 Å². The van der Waals surface area contributed by atoms with Gasteiger partial charge in [-0.2, -0.15) is 0 Å². The van der Waals surface area contributed by atoms with Gasteiger partial charge in [0.25, 0.3) is 0 Å². The van der Waals surface area contributed by atoms with Gasteiger partial charge in [-0.25, -0.2) is 0 Å². The minimum Gasteiger partial charge on any atom is -0.114 e. The molecule has 0 spiro atoms. The number of unbranched alkanes of at least 4 members (excludes halogenated alkanes) is 2. The molecule has 0 saturated heterocycles. The van der Waals surface area contributed by atoms with Gasteiger partial charge in [0.1, 0.15) is 23.2 Å². The van der Waals surface area contributed by atoms with Gasteiger partial charge in [0.2, 0.25) is 0 Å². The Balaban J connectivity index is 0.00000289. The first-order valence-corrected chi connectivity index (χ1v) is 13.4. The molecule has 0 atom stereocenters. The van der Waals surface area contributed by atoms with Crippen LogP contribution in [0.4, 0.5) is 0 Å². The molecule has 32 heavy (non-hydrogen) atoms. The van der Waals surface area contributed by atoms with Crippen molar-refractivity contribution in [2.24, 2.45) is 0 Å². The zero-order chi connectivity index (χ0) is 21.4. The highest BCUT2D eigenvalue weighted by molar-refractivity contribution is 8.93. The van der Waals surface area contributed by atoms with Crippen molar-refractivity contribution < 1.29 is 0 Å². The Morgan fingerprint density at radius 3 is 1.41 bits per heavy atom. The van der Waals surface area contributed by atoms with E-state index in [0.717, 1.165) is 11.4 Å². The van der Waals surface area contributed by atoms with Crippen molar-refractivity contribution >= 4 is 51.8 Å². The highest BCUT2D eigenvalue weighted by atomic mass is 79.9. The summed E-state index contributed by atoms with van der Waals surface area (Å²) < 4.78 is 0. The first-order valence-electron chi connectivity index (χ1n) is 11.1. The molecule has 3 heteroatoms. The van der Waals surface area contributed by atoms with E-state index < -0.39 is 7.26 Å². The lowest BCUT2D eigenvalue weighted by Gasteiger charge is -2.27.